The van der Waals surface area contributed by atoms with E-state index < -0.39 is 17.7 Å². The molecule has 2 aliphatic rings. The molecule has 0 radical (unpaired) electrons. The Hall–Kier alpha value is -1.23. The molecule has 0 saturated heterocycles. The van der Waals surface area contributed by atoms with Gasteiger partial charge in [-0.3, -0.25) is 0 Å². The van der Waals surface area contributed by atoms with Gasteiger partial charge in [-0.15, -0.1) is 0 Å². The number of fused-ring (bicyclic) bond motifs is 1. The van der Waals surface area contributed by atoms with Crippen LogP contribution < -0.4 is 10.5 Å². The highest BCUT2D eigenvalue weighted by atomic mass is 19.4. The van der Waals surface area contributed by atoms with E-state index in [1.807, 2.05) is 25.1 Å². The molecule has 1 saturated carbocycles. The summed E-state index contributed by atoms with van der Waals surface area (Å²) < 4.78 is 45.1. The van der Waals surface area contributed by atoms with Crippen molar-refractivity contribution in [3.63, 3.8) is 0 Å². The van der Waals surface area contributed by atoms with Crippen LogP contribution in [0.3, 0.4) is 0 Å². The van der Waals surface area contributed by atoms with Crippen LogP contribution in [-0.4, -0.2) is 11.8 Å². The second-order valence-electron chi connectivity index (χ2n) is 6.47. The van der Waals surface area contributed by atoms with Crippen LogP contribution in [0.15, 0.2) is 18.2 Å². The first-order valence-corrected chi connectivity index (χ1v) is 7.41. The molecule has 1 heterocycles. The number of benzene rings is 1. The third-order valence-corrected chi connectivity index (χ3v) is 4.75. The number of rotatable bonds is 0. The van der Waals surface area contributed by atoms with Gasteiger partial charge >= 0.3 is 6.18 Å². The van der Waals surface area contributed by atoms with E-state index in [1.54, 1.807) is 0 Å². The standard InChI is InChI=1S/C16H20F3NO/c1-10-4-5-14-12(7-10)13(20)9-15(21-14)6-2-3-11(8-15)16(17,18)19/h4-5,7,11,13H,2-3,6,8-9,20H2,1H3/t11?,13-,15?/m0/s1. The lowest BCUT2D eigenvalue weighted by atomic mass is 9.72. The van der Waals surface area contributed by atoms with Crippen LogP contribution in [-0.2, 0) is 0 Å². The van der Waals surface area contributed by atoms with Gasteiger partial charge in [0.1, 0.15) is 11.4 Å². The number of hydrogen-bond acceptors (Lipinski definition) is 2. The summed E-state index contributed by atoms with van der Waals surface area (Å²) in [6, 6.07) is 5.47. The second kappa shape index (κ2) is 4.90. The lowest BCUT2D eigenvalue weighted by molar-refractivity contribution is -0.199. The molecule has 0 bridgehead atoms. The summed E-state index contributed by atoms with van der Waals surface area (Å²) in [6.07, 6.45) is -2.26. The Labute approximate surface area is 122 Å². The van der Waals surface area contributed by atoms with E-state index in [1.165, 1.54) is 0 Å². The van der Waals surface area contributed by atoms with Crippen molar-refractivity contribution in [1.29, 1.82) is 0 Å². The Morgan fingerprint density at radius 1 is 1.29 bits per heavy atom. The smallest absolute Gasteiger partial charge is 0.391 e. The summed E-state index contributed by atoms with van der Waals surface area (Å²) in [5, 5.41) is 0. The quantitative estimate of drug-likeness (QED) is 0.776. The zero-order valence-electron chi connectivity index (χ0n) is 12.0. The SMILES string of the molecule is Cc1ccc2c(c1)[C@@H](N)CC1(CCCC(C(F)(F)F)C1)O2. The third-order valence-electron chi connectivity index (χ3n) is 4.75. The van der Waals surface area contributed by atoms with Crippen LogP contribution in [0.4, 0.5) is 13.2 Å². The van der Waals surface area contributed by atoms with Gasteiger partial charge in [0, 0.05) is 18.0 Å². The molecule has 0 amide bonds. The zero-order valence-corrected chi connectivity index (χ0v) is 12.0. The van der Waals surface area contributed by atoms with Crippen LogP contribution in [0.1, 0.15) is 49.3 Å². The summed E-state index contributed by atoms with van der Waals surface area (Å²) in [7, 11) is 0. The summed E-state index contributed by atoms with van der Waals surface area (Å²) in [5.74, 6) is -0.618. The third kappa shape index (κ3) is 2.76. The molecule has 116 valence electrons. The Bertz CT molecular complexity index is 543. The van der Waals surface area contributed by atoms with Crippen LogP contribution in [0, 0.1) is 12.8 Å². The van der Waals surface area contributed by atoms with Gasteiger partial charge in [0.05, 0.1) is 5.92 Å². The fourth-order valence-electron chi connectivity index (χ4n) is 3.72. The van der Waals surface area contributed by atoms with Gasteiger partial charge in [-0.2, -0.15) is 13.2 Å². The van der Waals surface area contributed by atoms with Gasteiger partial charge in [-0.05, 0) is 38.7 Å². The molecule has 3 atom stereocenters. The lowest BCUT2D eigenvalue weighted by Gasteiger charge is -2.46. The summed E-state index contributed by atoms with van der Waals surface area (Å²) in [5.41, 5.74) is 7.46. The largest absolute Gasteiger partial charge is 0.487 e. The van der Waals surface area contributed by atoms with Crippen LogP contribution >= 0.6 is 0 Å². The average molecular weight is 299 g/mol. The van der Waals surface area contributed by atoms with E-state index >= 15 is 0 Å². The van der Waals surface area contributed by atoms with Gasteiger partial charge in [0.2, 0.25) is 0 Å². The topological polar surface area (TPSA) is 35.2 Å². The van der Waals surface area contributed by atoms with E-state index in [0.29, 0.717) is 25.0 Å². The Balaban J connectivity index is 1.89. The minimum atomic E-state index is -4.14. The highest BCUT2D eigenvalue weighted by molar-refractivity contribution is 5.41. The number of hydrogen-bond donors (Lipinski definition) is 1. The molecule has 21 heavy (non-hydrogen) atoms. The van der Waals surface area contributed by atoms with Crippen molar-refractivity contribution in [2.24, 2.45) is 11.7 Å². The van der Waals surface area contributed by atoms with Gasteiger partial charge in [0.15, 0.2) is 0 Å². The van der Waals surface area contributed by atoms with Crippen molar-refractivity contribution in [3.05, 3.63) is 29.3 Å². The fourth-order valence-corrected chi connectivity index (χ4v) is 3.72. The average Bonchev–Trinajstić information content (AvgIpc) is 2.39. The van der Waals surface area contributed by atoms with E-state index in [9.17, 15) is 13.2 Å². The Morgan fingerprint density at radius 3 is 2.76 bits per heavy atom. The normalized spacial score (nSPS) is 32.6. The monoisotopic (exact) mass is 299 g/mol. The van der Waals surface area contributed by atoms with Crippen molar-refractivity contribution < 1.29 is 17.9 Å². The maximum atomic E-state index is 13.0. The summed E-state index contributed by atoms with van der Waals surface area (Å²) in [6.45, 7) is 1.97. The van der Waals surface area contributed by atoms with E-state index in [0.717, 1.165) is 11.1 Å². The summed E-state index contributed by atoms with van der Waals surface area (Å²) >= 11 is 0. The molecule has 2 unspecified atom stereocenters. The molecule has 5 heteroatoms. The maximum Gasteiger partial charge on any atom is 0.391 e. The Kier molecular flexibility index (Phi) is 3.43. The maximum absolute atomic E-state index is 13.0. The molecular weight excluding hydrogens is 279 g/mol. The molecule has 1 aliphatic carbocycles. The molecule has 1 aliphatic heterocycles. The first-order chi connectivity index (χ1) is 9.79. The van der Waals surface area contributed by atoms with Crippen LogP contribution in [0.25, 0.3) is 0 Å². The molecule has 1 fully saturated rings. The molecule has 3 rings (SSSR count). The van der Waals surface area contributed by atoms with Crippen molar-refractivity contribution in [3.8, 4) is 5.75 Å². The number of nitrogens with two attached hydrogens (primary N) is 1. The fraction of sp³-hybridized carbons (Fsp3) is 0.625. The van der Waals surface area contributed by atoms with Crippen LogP contribution in [0.5, 0.6) is 5.75 Å². The van der Waals surface area contributed by atoms with Crippen LogP contribution in [0.2, 0.25) is 0 Å². The molecule has 2 nitrogen and oxygen atoms in total. The zero-order chi connectivity index (χ0) is 15.3. The highest BCUT2D eigenvalue weighted by Gasteiger charge is 2.50. The van der Waals surface area contributed by atoms with E-state index in [2.05, 4.69) is 0 Å². The first-order valence-electron chi connectivity index (χ1n) is 7.41. The molecular formula is C16H20F3NO. The summed E-state index contributed by atoms with van der Waals surface area (Å²) in [4.78, 5) is 0. The van der Waals surface area contributed by atoms with Crippen molar-refractivity contribution in [2.45, 2.75) is 56.8 Å². The molecule has 1 aromatic rings. The second-order valence-corrected chi connectivity index (χ2v) is 6.47. The van der Waals surface area contributed by atoms with E-state index in [4.69, 9.17) is 10.5 Å². The lowest BCUT2D eigenvalue weighted by Crippen LogP contribution is -2.48. The highest BCUT2D eigenvalue weighted by Crippen LogP contribution is 2.50. The number of aryl methyl sites for hydroxylation is 1. The van der Waals surface area contributed by atoms with Crippen molar-refractivity contribution in [1.82, 2.24) is 0 Å². The molecule has 0 aromatic heterocycles. The van der Waals surface area contributed by atoms with Crippen molar-refractivity contribution in [2.75, 3.05) is 0 Å². The Morgan fingerprint density at radius 2 is 2.05 bits per heavy atom. The molecule has 1 aromatic carbocycles. The molecule has 1 spiro atoms. The number of alkyl halides is 3. The van der Waals surface area contributed by atoms with Gasteiger partial charge < -0.3 is 10.5 Å². The predicted octanol–water partition coefficient (Wildman–Crippen LogP) is 4.27. The van der Waals surface area contributed by atoms with Gasteiger partial charge in [-0.1, -0.05) is 17.7 Å². The number of ether oxygens (including phenoxy) is 1. The van der Waals surface area contributed by atoms with Gasteiger partial charge in [0.25, 0.3) is 0 Å². The minimum Gasteiger partial charge on any atom is -0.487 e. The number of halogens is 3. The molecule has 2 N–H and O–H groups in total. The van der Waals surface area contributed by atoms with Crippen molar-refractivity contribution >= 4 is 0 Å². The van der Waals surface area contributed by atoms with Gasteiger partial charge in [-0.25, -0.2) is 0 Å². The first kappa shape index (κ1) is 14.7. The minimum absolute atomic E-state index is 0.0253. The predicted molar refractivity (Wildman–Crippen MR) is 74.1 cm³/mol. The van der Waals surface area contributed by atoms with E-state index in [-0.39, 0.29) is 18.9 Å².